The van der Waals surface area contributed by atoms with Crippen molar-refractivity contribution in [2.24, 2.45) is 5.41 Å². The molecule has 0 radical (unpaired) electrons. The molecule has 1 fully saturated rings. The van der Waals surface area contributed by atoms with Crippen molar-refractivity contribution in [3.05, 3.63) is 18.2 Å². The number of Topliss-reactive ketones (excluding diaryl/α,β-unsaturated/α-hetero) is 1. The van der Waals surface area contributed by atoms with E-state index in [2.05, 4.69) is 17.6 Å². The topological polar surface area (TPSA) is 139 Å². The van der Waals surface area contributed by atoms with Crippen LogP contribution in [0.3, 0.4) is 0 Å². The first-order chi connectivity index (χ1) is 19.5. The van der Waals surface area contributed by atoms with Crippen LogP contribution < -0.4 is 15.4 Å². The molecular weight excluding hydrogens is 558 g/mol. The van der Waals surface area contributed by atoms with E-state index in [0.717, 1.165) is 25.5 Å². The number of ether oxygens (including phenoxy) is 1. The Morgan fingerprint density at radius 3 is 2.00 bits per heavy atom. The highest BCUT2D eigenvalue weighted by molar-refractivity contribution is 7.90. The number of benzene rings is 1. The molecule has 2 N–H and O–H groups in total. The lowest BCUT2D eigenvalue weighted by molar-refractivity contribution is -0.144. The molecule has 1 saturated heterocycles. The van der Waals surface area contributed by atoms with Crippen LogP contribution in [0.1, 0.15) is 106 Å². The summed E-state index contributed by atoms with van der Waals surface area (Å²) in [5.74, 6) is -2.07. The van der Waals surface area contributed by atoms with Crippen molar-refractivity contribution in [2.45, 2.75) is 122 Å². The number of nitrogens with one attached hydrogen (secondary N) is 2. The molecule has 11 heteroatoms. The lowest BCUT2D eigenvalue weighted by atomic mass is 9.85. The van der Waals surface area contributed by atoms with Crippen molar-refractivity contribution >= 4 is 39.2 Å². The summed E-state index contributed by atoms with van der Waals surface area (Å²) in [5, 5.41) is 5.09. The number of carbonyl (C=O) groups is 4. The van der Waals surface area contributed by atoms with Gasteiger partial charge >= 0.3 is 6.03 Å². The molecule has 1 unspecified atom stereocenters. The third kappa shape index (κ3) is 9.81. The smallest absolute Gasteiger partial charge is 0.326 e. The fraction of sp³-hybridized carbons (Fsp3) is 0.677. The Morgan fingerprint density at radius 2 is 1.52 bits per heavy atom. The third-order valence-corrected chi connectivity index (χ3v) is 8.39. The lowest BCUT2D eigenvalue weighted by Gasteiger charge is -2.29. The van der Waals surface area contributed by atoms with E-state index in [-0.39, 0.29) is 16.3 Å². The van der Waals surface area contributed by atoms with Crippen molar-refractivity contribution in [3.8, 4) is 5.75 Å². The van der Waals surface area contributed by atoms with Crippen LogP contribution in [0.15, 0.2) is 23.1 Å². The highest BCUT2D eigenvalue weighted by Gasteiger charge is 2.53. The average molecular weight is 608 g/mol. The third-order valence-electron chi connectivity index (χ3n) is 7.28. The molecule has 1 aliphatic rings. The van der Waals surface area contributed by atoms with Crippen LogP contribution >= 0.6 is 0 Å². The maximum Gasteiger partial charge on any atom is 0.326 e. The van der Waals surface area contributed by atoms with Crippen LogP contribution in [-0.4, -0.2) is 61.4 Å². The molecule has 42 heavy (non-hydrogen) atoms. The van der Waals surface area contributed by atoms with Gasteiger partial charge in [-0.25, -0.2) is 18.1 Å². The van der Waals surface area contributed by atoms with Crippen LogP contribution in [-0.2, 0) is 24.2 Å². The molecule has 4 amide bonds. The molecule has 2 rings (SSSR count). The predicted octanol–water partition coefficient (Wildman–Crippen LogP) is 5.64. The van der Waals surface area contributed by atoms with Gasteiger partial charge in [-0.15, -0.1) is 0 Å². The number of hydrogen-bond acceptors (Lipinski definition) is 7. The number of ketones is 1. The van der Waals surface area contributed by atoms with Gasteiger partial charge in [0, 0.05) is 11.7 Å². The molecular formula is C31H49N3O7S. The fourth-order valence-electron chi connectivity index (χ4n) is 4.71. The second-order valence-electron chi connectivity index (χ2n) is 12.7. The number of hydrogen-bond donors (Lipinski definition) is 2. The minimum atomic E-state index is -3.63. The van der Waals surface area contributed by atoms with Crippen LogP contribution in [0.4, 0.5) is 10.5 Å². The van der Waals surface area contributed by atoms with E-state index in [1.54, 1.807) is 20.8 Å². The Bertz CT molecular complexity index is 1240. The zero-order valence-corrected chi connectivity index (χ0v) is 27.1. The first-order valence-electron chi connectivity index (χ1n) is 15.0. The summed E-state index contributed by atoms with van der Waals surface area (Å²) in [7, 11) is -3.63. The van der Waals surface area contributed by atoms with Crippen molar-refractivity contribution in [3.63, 3.8) is 0 Å². The average Bonchev–Trinajstić information content (AvgIpc) is 3.08. The molecule has 0 saturated carbocycles. The van der Waals surface area contributed by atoms with Gasteiger partial charge in [0.15, 0.2) is 21.7 Å². The van der Waals surface area contributed by atoms with Gasteiger partial charge in [-0.1, -0.05) is 85.5 Å². The van der Waals surface area contributed by atoms with Crippen molar-refractivity contribution in [1.82, 2.24) is 10.2 Å². The van der Waals surface area contributed by atoms with E-state index in [1.807, 2.05) is 0 Å². The van der Waals surface area contributed by atoms with Crippen LogP contribution in [0.5, 0.6) is 5.75 Å². The summed E-state index contributed by atoms with van der Waals surface area (Å²) in [5.41, 5.74) is -2.33. The number of carbonyl (C=O) groups excluding carboxylic acids is 4. The second kappa shape index (κ2) is 15.0. The van der Waals surface area contributed by atoms with Crippen molar-refractivity contribution in [1.29, 1.82) is 0 Å². The van der Waals surface area contributed by atoms with E-state index in [9.17, 15) is 27.6 Å². The summed E-state index contributed by atoms with van der Waals surface area (Å²) in [4.78, 5) is 53.5. The highest BCUT2D eigenvalue weighted by Crippen LogP contribution is 2.31. The summed E-state index contributed by atoms with van der Waals surface area (Å²) in [6, 6.07) is 1.48. The van der Waals surface area contributed by atoms with Crippen LogP contribution in [0.2, 0.25) is 0 Å². The van der Waals surface area contributed by atoms with Gasteiger partial charge < -0.3 is 15.4 Å². The van der Waals surface area contributed by atoms with Gasteiger partial charge in [0.25, 0.3) is 11.8 Å². The van der Waals surface area contributed by atoms with Gasteiger partial charge in [0.2, 0.25) is 0 Å². The Kier molecular flexibility index (Phi) is 12.6. The largest absolute Gasteiger partial charge is 0.491 e. The second-order valence-corrected chi connectivity index (χ2v) is 14.7. The first-order valence-corrected chi connectivity index (χ1v) is 16.9. The minimum Gasteiger partial charge on any atom is -0.491 e. The summed E-state index contributed by atoms with van der Waals surface area (Å²) in [6.45, 7) is 10.3. The number of anilines is 1. The van der Waals surface area contributed by atoms with Gasteiger partial charge in [-0.3, -0.25) is 14.4 Å². The Balaban J connectivity index is 2.18. The number of imide groups is 1. The maximum absolute atomic E-state index is 13.7. The fourth-order valence-corrected chi connectivity index (χ4v) is 5.36. The van der Waals surface area contributed by atoms with Crippen LogP contribution in [0, 0.1) is 5.41 Å². The van der Waals surface area contributed by atoms with E-state index in [4.69, 9.17) is 4.74 Å². The molecule has 0 aromatic heterocycles. The number of amides is 4. The molecule has 10 nitrogen and oxygen atoms in total. The lowest BCUT2D eigenvalue weighted by Crippen LogP contribution is -2.55. The molecule has 1 aromatic rings. The van der Waals surface area contributed by atoms with Gasteiger partial charge in [0.1, 0.15) is 11.3 Å². The van der Waals surface area contributed by atoms with E-state index in [1.165, 1.54) is 77.0 Å². The van der Waals surface area contributed by atoms with Crippen LogP contribution in [0.25, 0.3) is 0 Å². The van der Waals surface area contributed by atoms with E-state index < -0.39 is 50.5 Å². The zero-order valence-electron chi connectivity index (χ0n) is 26.3. The minimum absolute atomic E-state index is 0.0352. The molecule has 0 spiro atoms. The number of urea groups is 1. The SMILES string of the molecule is CCCCCCCCCCCCOc1ccc(S(C)(=O)=O)cc1NC(=O)C(C(=O)C(C)(C)C)N1C(=O)NC(C)(C)C1=O. The van der Waals surface area contributed by atoms with Gasteiger partial charge in [0.05, 0.1) is 17.2 Å². The molecule has 0 aliphatic carbocycles. The van der Waals surface area contributed by atoms with E-state index >= 15 is 0 Å². The van der Waals surface area contributed by atoms with Gasteiger partial charge in [-0.2, -0.15) is 0 Å². The molecule has 1 heterocycles. The predicted molar refractivity (Wildman–Crippen MR) is 163 cm³/mol. The van der Waals surface area contributed by atoms with Crippen molar-refractivity contribution in [2.75, 3.05) is 18.2 Å². The molecule has 236 valence electrons. The van der Waals surface area contributed by atoms with E-state index in [0.29, 0.717) is 11.5 Å². The summed E-state index contributed by atoms with van der Waals surface area (Å²) in [6.07, 6.45) is 12.6. The Hall–Kier alpha value is -2.95. The summed E-state index contributed by atoms with van der Waals surface area (Å²) >= 11 is 0. The maximum atomic E-state index is 13.7. The zero-order chi connectivity index (χ0) is 31.7. The quantitative estimate of drug-likeness (QED) is 0.133. The molecule has 1 aromatic carbocycles. The first kappa shape index (κ1) is 35.2. The summed E-state index contributed by atoms with van der Waals surface area (Å²) < 4.78 is 30.5. The number of rotatable bonds is 17. The number of sulfone groups is 1. The normalized spacial score (nSPS) is 15.8. The number of nitrogens with zero attached hydrogens (tertiary/aromatic N) is 1. The molecule has 0 bridgehead atoms. The Morgan fingerprint density at radius 1 is 0.976 bits per heavy atom. The van der Waals surface area contributed by atoms with Gasteiger partial charge in [-0.05, 0) is 38.5 Å². The Labute approximate surface area is 251 Å². The molecule has 1 aliphatic heterocycles. The molecule has 1 atom stereocenters. The standard InChI is InChI=1S/C31H49N3O7S/c1-8-9-10-11-12-13-14-15-16-17-20-41-24-19-18-22(42(7,39)40)21-23(24)32-27(36)25(26(35)30(2,3)4)34-28(37)31(5,6)33-29(34)38/h18-19,21,25H,8-17,20H2,1-7H3,(H,32,36)(H,33,38). The van der Waals surface area contributed by atoms with Crippen molar-refractivity contribution < 1.29 is 32.3 Å². The highest BCUT2D eigenvalue weighted by atomic mass is 32.2. The number of unbranched alkanes of at least 4 members (excludes halogenated alkanes) is 9. The monoisotopic (exact) mass is 607 g/mol.